The maximum atomic E-state index is 12.9. The van der Waals surface area contributed by atoms with Crippen molar-refractivity contribution in [3.8, 4) is 0 Å². The molecule has 0 radical (unpaired) electrons. The number of nitrogens with zero attached hydrogens (tertiary/aromatic N) is 4. The number of hydrogen-bond acceptors (Lipinski definition) is 4. The van der Waals surface area contributed by atoms with Gasteiger partial charge in [0.1, 0.15) is 5.82 Å². The van der Waals surface area contributed by atoms with Crippen molar-refractivity contribution in [3.63, 3.8) is 0 Å². The zero-order valence-corrected chi connectivity index (χ0v) is 15.8. The highest BCUT2D eigenvalue weighted by atomic mass is 79.9. The first-order chi connectivity index (χ1) is 12.1. The lowest BCUT2D eigenvalue weighted by atomic mass is 9.99. The van der Waals surface area contributed by atoms with E-state index in [0.29, 0.717) is 18.0 Å². The predicted molar refractivity (Wildman–Crippen MR) is 97.9 cm³/mol. The van der Waals surface area contributed by atoms with Gasteiger partial charge in [-0.1, -0.05) is 22.0 Å². The standard InChI is InChI=1S/C17H17BrN4O2S/c18-14-6-8-15(9-7-14)25(23,24)21-10-3-4-13(12-21)17-20-19-16-5-1-2-11-22(16)17/h1-2,5-9,11,13H,3-4,10,12H2/t13-/m0/s1. The summed E-state index contributed by atoms with van der Waals surface area (Å²) in [5.41, 5.74) is 0.783. The highest BCUT2D eigenvalue weighted by Gasteiger charge is 2.32. The maximum absolute atomic E-state index is 12.9. The Hall–Kier alpha value is -1.77. The van der Waals surface area contributed by atoms with Crippen LogP contribution in [0.4, 0.5) is 0 Å². The van der Waals surface area contributed by atoms with Gasteiger partial charge in [0.15, 0.2) is 5.65 Å². The minimum absolute atomic E-state index is 0.0383. The fourth-order valence-corrected chi connectivity index (χ4v) is 5.05. The van der Waals surface area contributed by atoms with Gasteiger partial charge in [-0.05, 0) is 49.2 Å². The van der Waals surface area contributed by atoms with Gasteiger partial charge in [-0.25, -0.2) is 8.42 Å². The van der Waals surface area contributed by atoms with Crippen LogP contribution in [0.25, 0.3) is 5.65 Å². The molecule has 1 aliphatic rings. The summed E-state index contributed by atoms with van der Waals surface area (Å²) in [6, 6.07) is 12.5. The lowest BCUT2D eigenvalue weighted by Crippen LogP contribution is -2.39. The largest absolute Gasteiger partial charge is 0.286 e. The van der Waals surface area contributed by atoms with E-state index in [0.717, 1.165) is 28.8 Å². The second-order valence-corrected chi connectivity index (χ2v) is 9.00. The van der Waals surface area contributed by atoms with Crippen LogP contribution in [0, 0.1) is 0 Å². The van der Waals surface area contributed by atoms with Crippen LogP contribution < -0.4 is 0 Å². The third-order valence-electron chi connectivity index (χ3n) is 4.54. The minimum atomic E-state index is -3.50. The van der Waals surface area contributed by atoms with Gasteiger partial charge < -0.3 is 0 Å². The normalized spacial score (nSPS) is 19.3. The molecule has 1 aliphatic heterocycles. The molecule has 25 heavy (non-hydrogen) atoms. The number of aromatic nitrogens is 3. The molecule has 0 unspecified atom stereocenters. The molecule has 0 spiro atoms. The molecule has 0 saturated carbocycles. The summed E-state index contributed by atoms with van der Waals surface area (Å²) >= 11 is 3.34. The number of sulfonamides is 1. The Balaban J connectivity index is 1.63. The van der Waals surface area contributed by atoms with Crippen molar-refractivity contribution in [3.05, 3.63) is 59.0 Å². The number of piperidine rings is 1. The molecular weight excluding hydrogens is 404 g/mol. The number of hydrogen-bond donors (Lipinski definition) is 0. The third kappa shape index (κ3) is 3.09. The molecule has 130 valence electrons. The average Bonchev–Trinajstić information content (AvgIpc) is 3.06. The lowest BCUT2D eigenvalue weighted by Gasteiger charge is -2.31. The zero-order chi connectivity index (χ0) is 17.4. The summed E-state index contributed by atoms with van der Waals surface area (Å²) in [6.45, 7) is 0.958. The molecule has 8 heteroatoms. The van der Waals surface area contributed by atoms with Gasteiger partial charge in [0.25, 0.3) is 0 Å². The van der Waals surface area contributed by atoms with E-state index in [1.165, 1.54) is 0 Å². The summed E-state index contributed by atoms with van der Waals surface area (Å²) in [7, 11) is -3.50. The van der Waals surface area contributed by atoms with Crippen LogP contribution in [0.15, 0.2) is 58.0 Å². The Kier molecular flexibility index (Phi) is 4.35. The molecule has 0 bridgehead atoms. The van der Waals surface area contributed by atoms with E-state index in [2.05, 4.69) is 26.1 Å². The fraction of sp³-hybridized carbons (Fsp3) is 0.294. The van der Waals surface area contributed by atoms with Crippen molar-refractivity contribution >= 4 is 31.6 Å². The molecule has 2 aromatic heterocycles. The Morgan fingerprint density at radius 3 is 2.68 bits per heavy atom. The lowest BCUT2D eigenvalue weighted by molar-refractivity contribution is 0.308. The van der Waals surface area contributed by atoms with Crippen LogP contribution in [0.2, 0.25) is 0 Å². The van der Waals surface area contributed by atoms with Crippen molar-refractivity contribution < 1.29 is 8.42 Å². The van der Waals surface area contributed by atoms with E-state index in [9.17, 15) is 8.42 Å². The van der Waals surface area contributed by atoms with Gasteiger partial charge in [-0.2, -0.15) is 4.31 Å². The molecule has 0 aliphatic carbocycles. The van der Waals surface area contributed by atoms with Crippen LogP contribution in [-0.4, -0.2) is 40.4 Å². The summed E-state index contributed by atoms with van der Waals surface area (Å²) in [4.78, 5) is 0.322. The van der Waals surface area contributed by atoms with Crippen molar-refractivity contribution in [1.29, 1.82) is 0 Å². The highest BCUT2D eigenvalue weighted by Crippen LogP contribution is 2.30. The van der Waals surface area contributed by atoms with Gasteiger partial charge in [0, 0.05) is 29.7 Å². The van der Waals surface area contributed by atoms with Crippen LogP contribution in [0.3, 0.4) is 0 Å². The van der Waals surface area contributed by atoms with E-state index < -0.39 is 10.0 Å². The van der Waals surface area contributed by atoms with Crippen molar-refractivity contribution in [2.45, 2.75) is 23.7 Å². The molecule has 3 heterocycles. The molecule has 1 fully saturated rings. The van der Waals surface area contributed by atoms with E-state index >= 15 is 0 Å². The first kappa shape index (κ1) is 16.7. The van der Waals surface area contributed by atoms with E-state index in [-0.39, 0.29) is 5.92 Å². The molecule has 6 nitrogen and oxygen atoms in total. The van der Waals surface area contributed by atoms with E-state index in [4.69, 9.17) is 0 Å². The van der Waals surface area contributed by atoms with E-state index in [1.54, 1.807) is 28.6 Å². The van der Waals surface area contributed by atoms with Crippen LogP contribution >= 0.6 is 15.9 Å². The topological polar surface area (TPSA) is 67.6 Å². The quantitative estimate of drug-likeness (QED) is 0.652. The summed E-state index contributed by atoms with van der Waals surface area (Å²) in [6.07, 6.45) is 3.64. The Morgan fingerprint density at radius 1 is 1.08 bits per heavy atom. The first-order valence-corrected chi connectivity index (χ1v) is 10.3. The minimum Gasteiger partial charge on any atom is -0.286 e. The monoisotopic (exact) mass is 420 g/mol. The molecule has 0 amide bonds. The Morgan fingerprint density at radius 2 is 1.88 bits per heavy atom. The third-order valence-corrected chi connectivity index (χ3v) is 6.95. The van der Waals surface area contributed by atoms with Crippen molar-refractivity contribution in [2.75, 3.05) is 13.1 Å². The molecule has 1 saturated heterocycles. The molecular formula is C17H17BrN4O2S. The fourth-order valence-electron chi connectivity index (χ4n) is 3.27. The number of benzene rings is 1. The SMILES string of the molecule is O=S(=O)(c1ccc(Br)cc1)N1CCC[C@H](c2nnc3ccccn23)C1. The number of fused-ring (bicyclic) bond motifs is 1. The predicted octanol–water partition coefficient (Wildman–Crippen LogP) is 3.06. The van der Waals surface area contributed by atoms with Crippen LogP contribution in [0.1, 0.15) is 24.6 Å². The molecule has 1 aromatic carbocycles. The molecule has 4 rings (SSSR count). The first-order valence-electron chi connectivity index (χ1n) is 8.11. The summed E-state index contributed by atoms with van der Waals surface area (Å²) in [5, 5.41) is 8.49. The van der Waals surface area contributed by atoms with Crippen LogP contribution in [-0.2, 0) is 10.0 Å². The summed E-state index contributed by atoms with van der Waals surface area (Å²) < 4.78 is 30.3. The van der Waals surface area contributed by atoms with Gasteiger partial charge in [0.2, 0.25) is 10.0 Å². The van der Waals surface area contributed by atoms with Crippen molar-refractivity contribution in [1.82, 2.24) is 18.9 Å². The molecule has 0 N–H and O–H groups in total. The smallest absolute Gasteiger partial charge is 0.243 e. The van der Waals surface area contributed by atoms with Gasteiger partial charge in [0.05, 0.1) is 4.90 Å². The van der Waals surface area contributed by atoms with E-state index in [1.807, 2.05) is 28.8 Å². The number of halogens is 1. The second-order valence-electron chi connectivity index (χ2n) is 6.14. The highest BCUT2D eigenvalue weighted by molar-refractivity contribution is 9.10. The van der Waals surface area contributed by atoms with Crippen molar-refractivity contribution in [2.24, 2.45) is 0 Å². The number of rotatable bonds is 3. The average molecular weight is 421 g/mol. The molecule has 3 aromatic rings. The van der Waals surface area contributed by atoms with Gasteiger partial charge in [-0.15, -0.1) is 10.2 Å². The zero-order valence-electron chi connectivity index (χ0n) is 13.4. The van der Waals surface area contributed by atoms with Gasteiger partial charge >= 0.3 is 0 Å². The maximum Gasteiger partial charge on any atom is 0.243 e. The van der Waals surface area contributed by atoms with Gasteiger partial charge in [-0.3, -0.25) is 4.40 Å². The summed E-state index contributed by atoms with van der Waals surface area (Å²) in [5.74, 6) is 0.864. The van der Waals surface area contributed by atoms with Crippen LogP contribution in [0.5, 0.6) is 0 Å². The molecule has 1 atom stereocenters. The second kappa shape index (κ2) is 6.51. The number of pyridine rings is 1. The Labute approximate surface area is 154 Å². The Bertz CT molecular complexity index is 1000.